The quantitative estimate of drug-likeness (QED) is 0.542. The number of rotatable bonds is 10. The molecule has 2 aromatic carbocycles. The lowest BCUT2D eigenvalue weighted by atomic mass is 10.1. The maximum absolute atomic E-state index is 12.3. The molecule has 7 nitrogen and oxygen atoms in total. The molecule has 162 valence electrons. The molecule has 0 saturated heterocycles. The second kappa shape index (κ2) is 9.75. The van der Waals surface area contributed by atoms with Crippen LogP contribution >= 0.6 is 0 Å². The number of carbonyl (C=O) groups is 1. The minimum atomic E-state index is 0.0821. The summed E-state index contributed by atoms with van der Waals surface area (Å²) in [5.74, 6) is 2.32. The second-order valence-corrected chi connectivity index (χ2v) is 7.69. The van der Waals surface area contributed by atoms with E-state index in [0.29, 0.717) is 38.0 Å². The van der Waals surface area contributed by atoms with Crippen LogP contribution < -0.4 is 15.0 Å². The van der Waals surface area contributed by atoms with Crippen LogP contribution in [0, 0.1) is 0 Å². The molecular weight excluding hydrogens is 392 g/mol. The summed E-state index contributed by atoms with van der Waals surface area (Å²) in [6, 6.07) is 16.0. The standard InChI is InChI=1S/C24H28N4O3/c1-30-16-15-28(14-13-22(29)25-18-9-10-18)24-20-5-3-4-6-21(20)26-23(27-24)17-7-11-19(31-2)12-8-17/h3-8,11-12,18H,9-10,13-16H2,1-2H3,(H,25,29). The van der Waals surface area contributed by atoms with Gasteiger partial charge in [-0.15, -0.1) is 0 Å². The molecule has 1 aliphatic rings. The predicted molar refractivity (Wildman–Crippen MR) is 121 cm³/mol. The number of nitrogens with zero attached hydrogens (tertiary/aromatic N) is 3. The number of nitrogens with one attached hydrogen (secondary N) is 1. The molecule has 1 fully saturated rings. The van der Waals surface area contributed by atoms with E-state index in [1.807, 2.05) is 48.5 Å². The normalized spacial score (nSPS) is 13.2. The number of fused-ring (bicyclic) bond motifs is 1. The predicted octanol–water partition coefficient (Wildman–Crippen LogP) is 3.43. The third-order valence-corrected chi connectivity index (χ3v) is 5.35. The molecule has 7 heteroatoms. The lowest BCUT2D eigenvalue weighted by Crippen LogP contribution is -2.34. The molecule has 0 unspecified atom stereocenters. The Kier molecular flexibility index (Phi) is 6.62. The number of amides is 1. The van der Waals surface area contributed by atoms with Gasteiger partial charge in [-0.25, -0.2) is 9.97 Å². The molecule has 1 aliphatic carbocycles. The van der Waals surface area contributed by atoms with Gasteiger partial charge >= 0.3 is 0 Å². The molecule has 3 aromatic rings. The van der Waals surface area contributed by atoms with E-state index in [1.54, 1.807) is 14.2 Å². The van der Waals surface area contributed by atoms with Crippen LogP contribution in [0.3, 0.4) is 0 Å². The molecule has 1 saturated carbocycles. The molecule has 31 heavy (non-hydrogen) atoms. The molecule has 0 bridgehead atoms. The molecule has 1 N–H and O–H groups in total. The Morgan fingerprint density at radius 1 is 1.06 bits per heavy atom. The van der Waals surface area contributed by atoms with E-state index in [9.17, 15) is 4.79 Å². The van der Waals surface area contributed by atoms with Crippen molar-refractivity contribution in [1.82, 2.24) is 15.3 Å². The Hall–Kier alpha value is -3.19. The highest BCUT2D eigenvalue weighted by atomic mass is 16.5. The van der Waals surface area contributed by atoms with Crippen LogP contribution in [-0.2, 0) is 9.53 Å². The van der Waals surface area contributed by atoms with Crippen molar-refractivity contribution in [1.29, 1.82) is 0 Å². The Morgan fingerprint density at radius 2 is 1.84 bits per heavy atom. The van der Waals surface area contributed by atoms with E-state index in [4.69, 9.17) is 19.4 Å². The minimum absolute atomic E-state index is 0.0821. The average molecular weight is 421 g/mol. The summed E-state index contributed by atoms with van der Waals surface area (Å²) < 4.78 is 10.6. The van der Waals surface area contributed by atoms with Gasteiger partial charge < -0.3 is 19.7 Å². The van der Waals surface area contributed by atoms with Crippen molar-refractivity contribution < 1.29 is 14.3 Å². The summed E-state index contributed by atoms with van der Waals surface area (Å²) in [5.41, 5.74) is 1.77. The van der Waals surface area contributed by atoms with Crippen molar-refractivity contribution in [3.8, 4) is 17.1 Å². The molecule has 0 atom stereocenters. The van der Waals surface area contributed by atoms with Crippen LogP contribution in [0.5, 0.6) is 5.75 Å². The summed E-state index contributed by atoms with van der Waals surface area (Å²) in [6.45, 7) is 1.74. The van der Waals surface area contributed by atoms with Crippen molar-refractivity contribution in [2.45, 2.75) is 25.3 Å². The molecule has 0 spiro atoms. The Balaban J connectivity index is 1.67. The third kappa shape index (κ3) is 5.30. The Morgan fingerprint density at radius 3 is 2.55 bits per heavy atom. The fourth-order valence-corrected chi connectivity index (χ4v) is 3.46. The number of hydrogen-bond acceptors (Lipinski definition) is 6. The lowest BCUT2D eigenvalue weighted by Gasteiger charge is -2.25. The van der Waals surface area contributed by atoms with Crippen molar-refractivity contribution in [3.63, 3.8) is 0 Å². The summed E-state index contributed by atoms with van der Waals surface area (Å²) in [6.07, 6.45) is 2.58. The molecule has 1 aromatic heterocycles. The number of hydrogen-bond donors (Lipinski definition) is 1. The fourth-order valence-electron chi connectivity index (χ4n) is 3.46. The number of ether oxygens (including phenoxy) is 2. The van der Waals surface area contributed by atoms with Crippen molar-refractivity contribution in [2.75, 3.05) is 38.8 Å². The zero-order chi connectivity index (χ0) is 21.6. The summed E-state index contributed by atoms with van der Waals surface area (Å²) in [7, 11) is 3.32. The average Bonchev–Trinajstić information content (AvgIpc) is 3.62. The molecule has 0 aliphatic heterocycles. The third-order valence-electron chi connectivity index (χ3n) is 5.35. The first-order valence-corrected chi connectivity index (χ1v) is 10.6. The van der Waals surface area contributed by atoms with Crippen molar-refractivity contribution in [3.05, 3.63) is 48.5 Å². The van der Waals surface area contributed by atoms with Gasteiger partial charge in [0.05, 0.1) is 19.2 Å². The van der Waals surface area contributed by atoms with Gasteiger partial charge in [0.25, 0.3) is 0 Å². The summed E-state index contributed by atoms with van der Waals surface area (Å²) in [4.78, 5) is 24.1. The number of para-hydroxylation sites is 1. The zero-order valence-electron chi connectivity index (χ0n) is 18.0. The zero-order valence-corrected chi connectivity index (χ0v) is 18.0. The number of anilines is 1. The number of benzene rings is 2. The van der Waals surface area contributed by atoms with Crippen LogP contribution in [0.2, 0.25) is 0 Å². The molecule has 1 heterocycles. The van der Waals surface area contributed by atoms with Gasteiger partial charge in [0, 0.05) is 43.6 Å². The monoisotopic (exact) mass is 420 g/mol. The smallest absolute Gasteiger partial charge is 0.221 e. The largest absolute Gasteiger partial charge is 0.497 e. The first kappa shape index (κ1) is 21.1. The van der Waals surface area contributed by atoms with Gasteiger partial charge in [-0.05, 0) is 49.2 Å². The van der Waals surface area contributed by atoms with Gasteiger partial charge in [0.2, 0.25) is 5.91 Å². The number of methoxy groups -OCH3 is 2. The summed E-state index contributed by atoms with van der Waals surface area (Å²) >= 11 is 0. The topological polar surface area (TPSA) is 76.6 Å². The Bertz CT molecular complexity index is 1030. The first-order chi connectivity index (χ1) is 15.2. The molecular formula is C24H28N4O3. The minimum Gasteiger partial charge on any atom is -0.497 e. The van der Waals surface area contributed by atoms with E-state index >= 15 is 0 Å². The van der Waals surface area contributed by atoms with E-state index in [-0.39, 0.29) is 5.91 Å². The van der Waals surface area contributed by atoms with Crippen LogP contribution in [0.1, 0.15) is 19.3 Å². The van der Waals surface area contributed by atoms with Crippen LogP contribution in [0.15, 0.2) is 48.5 Å². The highest BCUT2D eigenvalue weighted by molar-refractivity contribution is 5.91. The molecule has 4 rings (SSSR count). The van der Waals surface area contributed by atoms with Gasteiger partial charge in [0.1, 0.15) is 11.6 Å². The number of aromatic nitrogens is 2. The first-order valence-electron chi connectivity index (χ1n) is 10.6. The van der Waals surface area contributed by atoms with Crippen molar-refractivity contribution >= 4 is 22.6 Å². The molecule has 1 amide bonds. The lowest BCUT2D eigenvalue weighted by molar-refractivity contribution is -0.121. The van der Waals surface area contributed by atoms with Gasteiger partial charge in [-0.1, -0.05) is 12.1 Å². The van der Waals surface area contributed by atoms with E-state index in [1.165, 1.54) is 0 Å². The van der Waals surface area contributed by atoms with Gasteiger partial charge in [0.15, 0.2) is 5.82 Å². The SMILES string of the molecule is COCCN(CCC(=O)NC1CC1)c1nc(-c2ccc(OC)cc2)nc2ccccc12. The van der Waals surface area contributed by atoms with Crippen LogP contribution in [-0.4, -0.2) is 55.8 Å². The maximum Gasteiger partial charge on any atom is 0.221 e. The van der Waals surface area contributed by atoms with Crippen LogP contribution in [0.25, 0.3) is 22.3 Å². The van der Waals surface area contributed by atoms with E-state index < -0.39 is 0 Å². The van der Waals surface area contributed by atoms with Gasteiger partial charge in [-0.3, -0.25) is 4.79 Å². The maximum atomic E-state index is 12.3. The van der Waals surface area contributed by atoms with E-state index in [0.717, 1.165) is 40.9 Å². The highest BCUT2D eigenvalue weighted by Gasteiger charge is 2.24. The fraction of sp³-hybridized carbons (Fsp3) is 0.375. The van der Waals surface area contributed by atoms with Gasteiger partial charge in [-0.2, -0.15) is 0 Å². The summed E-state index contributed by atoms with van der Waals surface area (Å²) in [5, 5.41) is 4.02. The highest BCUT2D eigenvalue weighted by Crippen LogP contribution is 2.28. The second-order valence-electron chi connectivity index (χ2n) is 7.69. The molecule has 0 radical (unpaired) electrons. The van der Waals surface area contributed by atoms with Crippen LogP contribution in [0.4, 0.5) is 5.82 Å². The number of carbonyl (C=O) groups excluding carboxylic acids is 1. The Labute approximate surface area is 182 Å². The van der Waals surface area contributed by atoms with E-state index in [2.05, 4.69) is 10.2 Å². The van der Waals surface area contributed by atoms with Crippen molar-refractivity contribution in [2.24, 2.45) is 0 Å².